The third-order valence-electron chi connectivity index (χ3n) is 2.70. The van der Waals surface area contributed by atoms with Crippen LogP contribution in [0.1, 0.15) is 0 Å². The van der Waals surface area contributed by atoms with E-state index in [4.69, 9.17) is 28.9 Å². The number of anilines is 1. The van der Waals surface area contributed by atoms with Crippen molar-refractivity contribution in [2.45, 2.75) is 0 Å². The Morgan fingerprint density at radius 3 is 2.62 bits per heavy atom. The first-order valence-electron chi connectivity index (χ1n) is 6.08. The number of amides is 3. The quantitative estimate of drug-likeness (QED) is 0.769. The van der Waals surface area contributed by atoms with Crippen molar-refractivity contribution in [1.82, 2.24) is 10.6 Å². The number of benzene rings is 1. The summed E-state index contributed by atoms with van der Waals surface area (Å²) in [6.07, 6.45) is 0. The lowest BCUT2D eigenvalue weighted by Crippen LogP contribution is -2.48. The van der Waals surface area contributed by atoms with Gasteiger partial charge in [-0.2, -0.15) is 0 Å². The fourth-order valence-corrected chi connectivity index (χ4v) is 2.43. The number of halogens is 2. The molecule has 1 heterocycles. The van der Waals surface area contributed by atoms with Crippen molar-refractivity contribution in [3.63, 3.8) is 0 Å². The van der Waals surface area contributed by atoms with Gasteiger partial charge in [0.05, 0.1) is 28.8 Å². The van der Waals surface area contributed by atoms with Crippen LogP contribution in [0.4, 0.5) is 10.5 Å². The number of aliphatic imine (C=N–C) groups is 1. The molecule has 1 aliphatic rings. The molecule has 0 bridgehead atoms. The molecule has 9 heteroatoms. The van der Waals surface area contributed by atoms with E-state index in [9.17, 15) is 9.59 Å². The van der Waals surface area contributed by atoms with Gasteiger partial charge in [0.2, 0.25) is 11.9 Å². The van der Waals surface area contributed by atoms with E-state index in [2.05, 4.69) is 15.6 Å². The molecule has 0 saturated heterocycles. The van der Waals surface area contributed by atoms with Crippen LogP contribution in [0.5, 0.6) is 0 Å². The maximum absolute atomic E-state index is 11.6. The number of hydrogen-bond acceptors (Lipinski definition) is 4. The summed E-state index contributed by atoms with van der Waals surface area (Å²) in [4.78, 5) is 28.1. The Kier molecular flexibility index (Phi) is 4.87. The van der Waals surface area contributed by atoms with Crippen LogP contribution in [0, 0.1) is 0 Å². The van der Waals surface area contributed by atoms with E-state index >= 15 is 0 Å². The Labute approximate surface area is 131 Å². The molecule has 4 N–H and O–H groups in total. The van der Waals surface area contributed by atoms with Crippen molar-refractivity contribution >= 4 is 46.8 Å². The van der Waals surface area contributed by atoms with Gasteiger partial charge in [-0.15, -0.1) is 0 Å². The number of hydrogen-bond donors (Lipinski definition) is 3. The van der Waals surface area contributed by atoms with E-state index in [1.165, 1.54) is 0 Å². The number of carbonyl (C=O) groups is 2. The van der Waals surface area contributed by atoms with Crippen molar-refractivity contribution in [1.29, 1.82) is 0 Å². The molecule has 0 atom stereocenters. The molecule has 1 aromatic carbocycles. The molecular formula is C12H13Cl2N5O2. The number of nitrogens with zero attached hydrogens (tertiary/aromatic N) is 2. The second kappa shape index (κ2) is 6.64. The predicted molar refractivity (Wildman–Crippen MR) is 81.8 cm³/mol. The molecule has 3 amide bonds. The smallest absolute Gasteiger partial charge is 0.321 e. The van der Waals surface area contributed by atoms with Crippen molar-refractivity contribution in [3.05, 3.63) is 28.2 Å². The Bertz CT molecular complexity index is 585. The summed E-state index contributed by atoms with van der Waals surface area (Å²) < 4.78 is 0. The Morgan fingerprint density at radius 1 is 1.33 bits per heavy atom. The van der Waals surface area contributed by atoms with Crippen LogP contribution < -0.4 is 21.3 Å². The van der Waals surface area contributed by atoms with Crippen molar-refractivity contribution in [2.75, 3.05) is 24.5 Å². The average Bonchev–Trinajstić information content (AvgIpc) is 2.84. The molecule has 0 unspecified atom stereocenters. The lowest BCUT2D eigenvalue weighted by molar-refractivity contribution is -0.117. The highest BCUT2D eigenvalue weighted by Crippen LogP contribution is 2.34. The Balaban J connectivity index is 2.10. The van der Waals surface area contributed by atoms with Gasteiger partial charge in [-0.3, -0.25) is 15.1 Å². The second-order valence-corrected chi connectivity index (χ2v) is 5.02. The van der Waals surface area contributed by atoms with Crippen LogP contribution in [0.25, 0.3) is 0 Å². The second-order valence-electron chi connectivity index (χ2n) is 4.20. The molecule has 2 rings (SSSR count). The molecule has 0 aliphatic carbocycles. The summed E-state index contributed by atoms with van der Waals surface area (Å²) in [5, 5.41) is 5.76. The minimum atomic E-state index is -0.635. The van der Waals surface area contributed by atoms with E-state index in [1.807, 2.05) is 0 Å². The van der Waals surface area contributed by atoms with Gasteiger partial charge in [-0.25, -0.2) is 4.79 Å². The highest BCUT2D eigenvalue weighted by Gasteiger charge is 2.24. The molecule has 1 aliphatic heterocycles. The summed E-state index contributed by atoms with van der Waals surface area (Å²) in [6, 6.07) is 4.55. The number of urea groups is 1. The predicted octanol–water partition coefficient (Wildman–Crippen LogP) is 0.954. The maximum Gasteiger partial charge on any atom is 0.321 e. The summed E-state index contributed by atoms with van der Waals surface area (Å²) in [5.74, 6) is -0.323. The van der Waals surface area contributed by atoms with Gasteiger partial charge in [0.1, 0.15) is 0 Å². The fraction of sp³-hybridized carbons (Fsp3) is 0.250. The van der Waals surface area contributed by atoms with Gasteiger partial charge in [-0.1, -0.05) is 29.3 Å². The molecule has 0 radical (unpaired) electrons. The van der Waals surface area contributed by atoms with Crippen LogP contribution in [-0.2, 0) is 4.79 Å². The van der Waals surface area contributed by atoms with Crippen LogP contribution in [0.3, 0.4) is 0 Å². The SMILES string of the molecule is NC(=O)CNC(=O)NC1=NCCN1c1c(Cl)cccc1Cl. The summed E-state index contributed by atoms with van der Waals surface area (Å²) in [5.41, 5.74) is 5.53. The normalized spacial score (nSPS) is 13.8. The standard InChI is InChI=1S/C12H13Cl2N5O2/c13-7-2-1-3-8(14)10(7)19-5-4-16-11(19)18-12(21)17-6-9(15)20/h1-3H,4-6H2,(H2,15,20)(H2,16,17,18,21). The molecule has 7 nitrogen and oxygen atoms in total. The number of nitrogens with one attached hydrogen (secondary N) is 2. The molecule has 0 aromatic heterocycles. The monoisotopic (exact) mass is 329 g/mol. The van der Waals surface area contributed by atoms with Crippen molar-refractivity contribution in [3.8, 4) is 0 Å². The highest BCUT2D eigenvalue weighted by atomic mass is 35.5. The van der Waals surface area contributed by atoms with Crippen LogP contribution in [0.15, 0.2) is 23.2 Å². The number of rotatable bonds is 3. The van der Waals surface area contributed by atoms with Gasteiger partial charge in [0.15, 0.2) is 0 Å². The highest BCUT2D eigenvalue weighted by molar-refractivity contribution is 6.40. The van der Waals surface area contributed by atoms with Gasteiger partial charge in [0, 0.05) is 6.54 Å². The number of primary amides is 1. The van der Waals surface area contributed by atoms with Crippen LogP contribution in [-0.4, -0.2) is 37.5 Å². The van der Waals surface area contributed by atoms with E-state index in [1.54, 1.807) is 23.1 Å². The lowest BCUT2D eigenvalue weighted by Gasteiger charge is -2.22. The third kappa shape index (κ3) is 3.77. The van der Waals surface area contributed by atoms with E-state index in [0.717, 1.165) is 0 Å². The number of nitrogens with two attached hydrogens (primary N) is 1. The molecule has 0 spiro atoms. The summed E-state index contributed by atoms with van der Waals surface area (Å²) in [7, 11) is 0. The minimum absolute atomic E-state index is 0.258. The van der Waals surface area contributed by atoms with Gasteiger partial charge in [-0.05, 0) is 12.1 Å². The van der Waals surface area contributed by atoms with Gasteiger partial charge >= 0.3 is 6.03 Å². The van der Waals surface area contributed by atoms with Crippen molar-refractivity contribution in [2.24, 2.45) is 10.7 Å². The largest absolute Gasteiger partial charge is 0.368 e. The van der Waals surface area contributed by atoms with E-state index in [-0.39, 0.29) is 6.54 Å². The first-order valence-corrected chi connectivity index (χ1v) is 6.84. The maximum atomic E-state index is 11.6. The molecule has 0 saturated carbocycles. The van der Waals surface area contributed by atoms with Crippen molar-refractivity contribution < 1.29 is 9.59 Å². The topological polar surface area (TPSA) is 99.8 Å². The molecule has 0 fully saturated rings. The third-order valence-corrected chi connectivity index (χ3v) is 3.31. The molecule has 21 heavy (non-hydrogen) atoms. The Morgan fingerprint density at radius 2 is 2.00 bits per heavy atom. The zero-order valence-corrected chi connectivity index (χ0v) is 12.4. The fourth-order valence-electron chi connectivity index (χ4n) is 1.83. The molecule has 112 valence electrons. The lowest BCUT2D eigenvalue weighted by atomic mass is 10.3. The van der Waals surface area contributed by atoms with Gasteiger partial charge < -0.3 is 16.0 Å². The average molecular weight is 330 g/mol. The number of carbonyl (C=O) groups excluding carboxylic acids is 2. The van der Waals surface area contributed by atoms with Crippen LogP contribution >= 0.6 is 23.2 Å². The van der Waals surface area contributed by atoms with Gasteiger partial charge in [0.25, 0.3) is 0 Å². The van der Waals surface area contributed by atoms with E-state index in [0.29, 0.717) is 34.8 Å². The Hall–Kier alpha value is -1.99. The molecule has 1 aromatic rings. The first kappa shape index (κ1) is 15.4. The zero-order valence-electron chi connectivity index (χ0n) is 10.9. The zero-order chi connectivity index (χ0) is 15.4. The number of guanidine groups is 1. The summed E-state index contributed by atoms with van der Waals surface area (Å²) >= 11 is 12.3. The van der Waals surface area contributed by atoms with Crippen LogP contribution in [0.2, 0.25) is 10.0 Å². The minimum Gasteiger partial charge on any atom is -0.368 e. The number of para-hydroxylation sites is 1. The summed E-state index contributed by atoms with van der Waals surface area (Å²) in [6.45, 7) is 0.772. The molecular weight excluding hydrogens is 317 g/mol. The van der Waals surface area contributed by atoms with E-state index < -0.39 is 11.9 Å². The first-order chi connectivity index (χ1) is 9.99.